The van der Waals surface area contributed by atoms with E-state index in [-0.39, 0.29) is 23.7 Å². The lowest BCUT2D eigenvalue weighted by atomic mass is 10.2. The van der Waals surface area contributed by atoms with E-state index in [4.69, 9.17) is 0 Å². The van der Waals surface area contributed by atoms with E-state index < -0.39 is 0 Å². The summed E-state index contributed by atoms with van der Waals surface area (Å²) in [5.41, 5.74) is 1.91. The molecule has 1 aromatic heterocycles. The molecule has 7 nitrogen and oxygen atoms in total. The topological polar surface area (TPSA) is 87.2 Å². The number of nitrogens with zero attached hydrogens (tertiary/aromatic N) is 3. The zero-order chi connectivity index (χ0) is 21.1. The number of likely N-dealkylation sites (tertiary alicyclic amines) is 1. The number of rotatable bonds is 5. The Morgan fingerprint density at radius 3 is 2.77 bits per heavy atom. The highest BCUT2D eigenvalue weighted by atomic mass is 19.1. The molecule has 30 heavy (non-hydrogen) atoms. The largest absolute Gasteiger partial charge is 0.350 e. The molecule has 0 spiro atoms. The Morgan fingerprint density at radius 2 is 2.00 bits per heavy atom. The Kier molecular flexibility index (Phi) is 5.56. The Labute approximate surface area is 173 Å². The number of fused-ring (bicyclic) bond motifs is 1. The predicted octanol–water partition coefficient (Wildman–Crippen LogP) is 3.44. The first-order chi connectivity index (χ1) is 14.5. The number of anilines is 2. The Morgan fingerprint density at radius 1 is 1.20 bits per heavy atom. The van der Waals surface area contributed by atoms with Crippen molar-refractivity contribution in [3.8, 4) is 0 Å². The lowest BCUT2D eigenvalue weighted by Gasteiger charge is -2.17. The van der Waals surface area contributed by atoms with Crippen LogP contribution in [0.2, 0.25) is 0 Å². The fourth-order valence-corrected chi connectivity index (χ4v) is 3.45. The molecule has 1 fully saturated rings. The first kappa shape index (κ1) is 19.8. The maximum Gasteiger partial charge on any atom is 0.253 e. The maximum atomic E-state index is 13.3. The van der Waals surface area contributed by atoms with Crippen molar-refractivity contribution in [1.29, 1.82) is 0 Å². The molecule has 154 valence electrons. The average Bonchev–Trinajstić information content (AvgIpc) is 3.22. The van der Waals surface area contributed by atoms with E-state index in [0.717, 1.165) is 6.42 Å². The molecule has 8 heteroatoms. The van der Waals surface area contributed by atoms with Gasteiger partial charge in [0.05, 0.1) is 5.52 Å². The van der Waals surface area contributed by atoms with Gasteiger partial charge in [0.25, 0.3) is 5.91 Å². The molecule has 0 radical (unpaired) electrons. The molecule has 1 atom stereocenters. The standard InChI is InChI=1S/C22H22FN5O2/c1-2-20(29)25-17-6-3-14(4-7-17)21(30)28-10-9-18(13-28)26-22-24-12-15-11-16(23)5-8-19(15)27-22/h3-8,11-12,18H,2,9-10,13H2,1H3,(H,25,29)(H,24,26,27). The molecule has 2 aromatic carbocycles. The van der Waals surface area contributed by atoms with Crippen LogP contribution in [0.25, 0.3) is 10.9 Å². The highest BCUT2D eigenvalue weighted by Gasteiger charge is 2.27. The van der Waals surface area contributed by atoms with Gasteiger partial charge >= 0.3 is 0 Å². The van der Waals surface area contributed by atoms with E-state index in [0.29, 0.717) is 47.6 Å². The zero-order valence-corrected chi connectivity index (χ0v) is 16.6. The number of benzene rings is 2. The zero-order valence-electron chi connectivity index (χ0n) is 16.6. The van der Waals surface area contributed by atoms with E-state index in [2.05, 4.69) is 20.6 Å². The smallest absolute Gasteiger partial charge is 0.253 e. The summed E-state index contributed by atoms with van der Waals surface area (Å²) in [7, 11) is 0. The molecular formula is C22H22FN5O2. The lowest BCUT2D eigenvalue weighted by Crippen LogP contribution is -2.31. The summed E-state index contributed by atoms with van der Waals surface area (Å²) in [6.45, 7) is 2.95. The van der Waals surface area contributed by atoms with Crippen LogP contribution in [-0.4, -0.2) is 45.8 Å². The molecule has 0 bridgehead atoms. The SMILES string of the molecule is CCC(=O)Nc1ccc(C(=O)N2CCC(Nc3ncc4cc(F)ccc4n3)C2)cc1. The van der Waals surface area contributed by atoms with Crippen LogP contribution < -0.4 is 10.6 Å². The third-order valence-electron chi connectivity index (χ3n) is 5.09. The van der Waals surface area contributed by atoms with Gasteiger partial charge in [0.1, 0.15) is 5.82 Å². The lowest BCUT2D eigenvalue weighted by molar-refractivity contribution is -0.115. The highest BCUT2D eigenvalue weighted by Crippen LogP contribution is 2.19. The van der Waals surface area contributed by atoms with Crippen LogP contribution in [0.5, 0.6) is 0 Å². The van der Waals surface area contributed by atoms with Crippen molar-refractivity contribution in [1.82, 2.24) is 14.9 Å². The summed E-state index contributed by atoms with van der Waals surface area (Å²) in [4.78, 5) is 34.7. The molecule has 1 saturated heterocycles. The average molecular weight is 407 g/mol. The maximum absolute atomic E-state index is 13.3. The Balaban J connectivity index is 1.37. The summed E-state index contributed by atoms with van der Waals surface area (Å²) in [5, 5.41) is 6.67. The minimum atomic E-state index is -0.322. The van der Waals surface area contributed by atoms with Crippen molar-refractivity contribution in [3.63, 3.8) is 0 Å². The molecular weight excluding hydrogens is 385 g/mol. The number of aromatic nitrogens is 2. The third-order valence-corrected chi connectivity index (χ3v) is 5.09. The third kappa shape index (κ3) is 4.37. The molecule has 1 aliphatic heterocycles. The van der Waals surface area contributed by atoms with E-state index in [1.165, 1.54) is 12.1 Å². The van der Waals surface area contributed by atoms with Crippen LogP contribution in [-0.2, 0) is 4.79 Å². The minimum absolute atomic E-state index is 0.0370. The Bertz CT molecular complexity index is 1090. The second-order valence-electron chi connectivity index (χ2n) is 7.26. The fourth-order valence-electron chi connectivity index (χ4n) is 3.45. The van der Waals surface area contributed by atoms with E-state index in [1.807, 2.05) is 0 Å². The van der Waals surface area contributed by atoms with Gasteiger partial charge in [-0.25, -0.2) is 14.4 Å². The second kappa shape index (κ2) is 8.44. The summed E-state index contributed by atoms with van der Waals surface area (Å²) in [6.07, 6.45) is 2.77. The number of carbonyl (C=O) groups is 2. The van der Waals surface area contributed by atoms with Crippen molar-refractivity contribution in [2.24, 2.45) is 0 Å². The molecule has 2 amide bonds. The van der Waals surface area contributed by atoms with E-state index in [9.17, 15) is 14.0 Å². The van der Waals surface area contributed by atoms with Gasteiger partial charge in [-0.2, -0.15) is 0 Å². The van der Waals surface area contributed by atoms with Crippen LogP contribution in [0.4, 0.5) is 16.0 Å². The van der Waals surface area contributed by atoms with Crippen LogP contribution in [0.15, 0.2) is 48.7 Å². The van der Waals surface area contributed by atoms with Crippen molar-refractivity contribution < 1.29 is 14.0 Å². The van der Waals surface area contributed by atoms with E-state index >= 15 is 0 Å². The van der Waals surface area contributed by atoms with Crippen LogP contribution in [0, 0.1) is 5.82 Å². The number of hydrogen-bond donors (Lipinski definition) is 2. The van der Waals surface area contributed by atoms with Crippen molar-refractivity contribution >= 4 is 34.4 Å². The fraction of sp³-hybridized carbons (Fsp3) is 0.273. The number of hydrogen-bond acceptors (Lipinski definition) is 5. The summed E-state index contributed by atoms with van der Waals surface area (Å²) < 4.78 is 13.3. The van der Waals surface area contributed by atoms with Gasteiger partial charge in [-0.1, -0.05) is 6.92 Å². The van der Waals surface area contributed by atoms with Crippen LogP contribution in [0.3, 0.4) is 0 Å². The predicted molar refractivity (Wildman–Crippen MR) is 113 cm³/mol. The number of amides is 2. The van der Waals surface area contributed by atoms with Gasteiger partial charge in [-0.05, 0) is 48.9 Å². The van der Waals surface area contributed by atoms with Crippen molar-refractivity contribution in [2.45, 2.75) is 25.8 Å². The number of nitrogens with one attached hydrogen (secondary N) is 2. The molecule has 2 heterocycles. The van der Waals surface area contributed by atoms with Crippen LogP contribution in [0.1, 0.15) is 30.1 Å². The van der Waals surface area contributed by atoms with Crippen LogP contribution >= 0.6 is 0 Å². The minimum Gasteiger partial charge on any atom is -0.350 e. The van der Waals surface area contributed by atoms with Crippen molar-refractivity contribution in [2.75, 3.05) is 23.7 Å². The molecule has 4 rings (SSSR count). The molecule has 0 aliphatic carbocycles. The normalized spacial score (nSPS) is 15.9. The van der Waals surface area contributed by atoms with Gasteiger partial charge in [-0.3, -0.25) is 9.59 Å². The van der Waals surface area contributed by atoms with Crippen molar-refractivity contribution in [3.05, 3.63) is 60.0 Å². The van der Waals surface area contributed by atoms with Gasteiger partial charge in [-0.15, -0.1) is 0 Å². The Hall–Kier alpha value is -3.55. The van der Waals surface area contributed by atoms with Gasteiger partial charge in [0.15, 0.2) is 0 Å². The van der Waals surface area contributed by atoms with Gasteiger partial charge < -0.3 is 15.5 Å². The monoisotopic (exact) mass is 407 g/mol. The summed E-state index contributed by atoms with van der Waals surface area (Å²) >= 11 is 0. The summed E-state index contributed by atoms with van der Waals surface area (Å²) in [6, 6.07) is 11.3. The highest BCUT2D eigenvalue weighted by molar-refractivity contribution is 5.96. The molecule has 2 N–H and O–H groups in total. The molecule has 3 aromatic rings. The molecule has 0 saturated carbocycles. The molecule has 1 unspecified atom stereocenters. The molecule has 1 aliphatic rings. The number of carbonyl (C=O) groups excluding carboxylic acids is 2. The first-order valence-corrected chi connectivity index (χ1v) is 9.90. The van der Waals surface area contributed by atoms with Gasteiger partial charge in [0, 0.05) is 48.4 Å². The number of halogens is 1. The first-order valence-electron chi connectivity index (χ1n) is 9.90. The van der Waals surface area contributed by atoms with E-state index in [1.54, 1.807) is 48.4 Å². The van der Waals surface area contributed by atoms with Gasteiger partial charge in [0.2, 0.25) is 11.9 Å². The summed E-state index contributed by atoms with van der Waals surface area (Å²) in [5.74, 6) is 0.0214. The quantitative estimate of drug-likeness (QED) is 0.677. The second-order valence-corrected chi connectivity index (χ2v) is 7.26.